The van der Waals surface area contributed by atoms with Crippen molar-refractivity contribution in [1.82, 2.24) is 9.97 Å². The van der Waals surface area contributed by atoms with Gasteiger partial charge in [-0.25, -0.2) is 4.98 Å². The molecule has 0 saturated carbocycles. The molecule has 0 radical (unpaired) electrons. The van der Waals surface area contributed by atoms with E-state index in [1.165, 1.54) is 13.3 Å². The molecule has 5 nitrogen and oxygen atoms in total. The minimum absolute atomic E-state index is 0.191. The normalized spacial score (nSPS) is 8.75. The van der Waals surface area contributed by atoms with Crippen molar-refractivity contribution in [2.75, 3.05) is 19.5 Å². The molecule has 1 N–H and O–H groups in total. The molecule has 5 heteroatoms. The van der Waals surface area contributed by atoms with Crippen LogP contribution in [0.5, 0.6) is 5.88 Å². The lowest BCUT2D eigenvalue weighted by Crippen LogP contribution is -1.99. The zero-order valence-electron chi connectivity index (χ0n) is 6.83. The van der Waals surface area contributed by atoms with E-state index in [-0.39, 0.29) is 11.6 Å². The predicted octanol–water partition coefficient (Wildman–Crippen LogP) is 0.399. The summed E-state index contributed by atoms with van der Waals surface area (Å²) in [5.41, 5.74) is 0.191. The van der Waals surface area contributed by atoms with Gasteiger partial charge in [0.1, 0.15) is 11.9 Å². The van der Waals surface area contributed by atoms with Crippen LogP contribution in [-0.4, -0.2) is 24.1 Å². The average molecular weight is 164 g/mol. The van der Waals surface area contributed by atoms with E-state index in [4.69, 9.17) is 10.00 Å². The molecular weight excluding hydrogens is 156 g/mol. The first-order valence-electron chi connectivity index (χ1n) is 3.30. The average Bonchev–Trinajstić information content (AvgIpc) is 2.16. The Labute approximate surface area is 70.0 Å². The third-order valence-corrected chi connectivity index (χ3v) is 1.30. The van der Waals surface area contributed by atoms with Crippen molar-refractivity contribution in [3.05, 3.63) is 11.9 Å². The standard InChI is InChI=1S/C7H8N4O/c1-9-6-4-10-5(3-8)7(11-6)12-2/h4H,1-2H3,(H,9,11). The molecule has 0 amide bonds. The lowest BCUT2D eigenvalue weighted by Gasteiger charge is -2.02. The van der Waals surface area contributed by atoms with E-state index in [0.717, 1.165) is 0 Å². The number of hydrogen-bond donors (Lipinski definition) is 1. The number of nitrogens with one attached hydrogen (secondary N) is 1. The minimum atomic E-state index is 0.191. The van der Waals surface area contributed by atoms with Gasteiger partial charge in [0.25, 0.3) is 5.88 Å². The van der Waals surface area contributed by atoms with Crippen LogP contribution in [0.15, 0.2) is 6.20 Å². The second kappa shape index (κ2) is 3.53. The number of nitriles is 1. The van der Waals surface area contributed by atoms with Crippen molar-refractivity contribution in [2.24, 2.45) is 0 Å². The first kappa shape index (κ1) is 8.27. The molecule has 0 aliphatic carbocycles. The Balaban J connectivity index is 3.13. The van der Waals surface area contributed by atoms with Crippen LogP contribution in [0.3, 0.4) is 0 Å². The first-order valence-corrected chi connectivity index (χ1v) is 3.30. The highest BCUT2D eigenvalue weighted by Gasteiger charge is 2.05. The van der Waals surface area contributed by atoms with Crippen molar-refractivity contribution < 1.29 is 4.74 Å². The highest BCUT2D eigenvalue weighted by Crippen LogP contribution is 2.13. The number of anilines is 1. The number of nitrogens with zero attached hydrogens (tertiary/aromatic N) is 3. The van der Waals surface area contributed by atoms with Crippen LogP contribution in [0.2, 0.25) is 0 Å². The third kappa shape index (κ3) is 1.42. The Bertz CT molecular complexity index is 318. The van der Waals surface area contributed by atoms with Crippen LogP contribution >= 0.6 is 0 Å². The van der Waals surface area contributed by atoms with E-state index in [1.807, 2.05) is 6.07 Å². The maximum absolute atomic E-state index is 8.56. The smallest absolute Gasteiger partial charge is 0.252 e. The van der Waals surface area contributed by atoms with E-state index in [1.54, 1.807) is 7.05 Å². The molecule has 1 aromatic rings. The Morgan fingerprint density at radius 1 is 1.67 bits per heavy atom. The monoisotopic (exact) mass is 164 g/mol. The lowest BCUT2D eigenvalue weighted by molar-refractivity contribution is 0.394. The van der Waals surface area contributed by atoms with E-state index in [9.17, 15) is 0 Å². The van der Waals surface area contributed by atoms with Gasteiger partial charge in [0.2, 0.25) is 5.69 Å². The Kier molecular flexibility index (Phi) is 2.43. The van der Waals surface area contributed by atoms with Gasteiger partial charge in [0.05, 0.1) is 13.3 Å². The van der Waals surface area contributed by atoms with Crippen molar-refractivity contribution in [3.8, 4) is 11.9 Å². The maximum atomic E-state index is 8.56. The first-order chi connectivity index (χ1) is 5.81. The van der Waals surface area contributed by atoms with Crippen molar-refractivity contribution in [2.45, 2.75) is 0 Å². The Hall–Kier alpha value is -1.83. The number of rotatable bonds is 2. The number of aromatic nitrogens is 2. The van der Waals surface area contributed by atoms with Crippen molar-refractivity contribution >= 4 is 5.82 Å². The SMILES string of the molecule is CNc1cnc(C#N)c(OC)n1. The Morgan fingerprint density at radius 3 is 2.92 bits per heavy atom. The van der Waals surface area contributed by atoms with Gasteiger partial charge in [-0.3, -0.25) is 0 Å². The van der Waals surface area contributed by atoms with Gasteiger partial charge < -0.3 is 10.1 Å². The summed E-state index contributed by atoms with van der Waals surface area (Å²) in [7, 11) is 3.17. The molecule has 0 unspecified atom stereocenters. The van der Waals surface area contributed by atoms with Gasteiger partial charge in [-0.15, -0.1) is 0 Å². The molecule has 0 aliphatic heterocycles. The quantitative estimate of drug-likeness (QED) is 0.685. The van der Waals surface area contributed by atoms with Crippen LogP contribution in [0.1, 0.15) is 5.69 Å². The molecule has 0 aromatic carbocycles. The van der Waals surface area contributed by atoms with Crippen LogP contribution in [-0.2, 0) is 0 Å². The third-order valence-electron chi connectivity index (χ3n) is 1.30. The van der Waals surface area contributed by atoms with E-state index >= 15 is 0 Å². The molecular formula is C7H8N4O. The maximum Gasteiger partial charge on any atom is 0.252 e. The molecule has 62 valence electrons. The molecule has 0 bridgehead atoms. The summed E-state index contributed by atoms with van der Waals surface area (Å²) in [6, 6.07) is 1.87. The zero-order valence-corrected chi connectivity index (χ0v) is 6.83. The van der Waals surface area contributed by atoms with Crippen molar-refractivity contribution in [3.63, 3.8) is 0 Å². The van der Waals surface area contributed by atoms with Gasteiger partial charge in [-0.2, -0.15) is 10.2 Å². The second-order valence-corrected chi connectivity index (χ2v) is 1.97. The van der Waals surface area contributed by atoms with Crippen LogP contribution in [0, 0.1) is 11.3 Å². The summed E-state index contributed by atoms with van der Waals surface area (Å²) in [6.45, 7) is 0. The minimum Gasteiger partial charge on any atom is -0.479 e. The molecule has 1 heterocycles. The molecule has 0 spiro atoms. The zero-order chi connectivity index (χ0) is 8.97. The van der Waals surface area contributed by atoms with E-state index in [0.29, 0.717) is 5.82 Å². The largest absolute Gasteiger partial charge is 0.479 e. The molecule has 1 aromatic heterocycles. The highest BCUT2D eigenvalue weighted by atomic mass is 16.5. The number of methoxy groups -OCH3 is 1. The predicted molar refractivity (Wildman–Crippen MR) is 42.8 cm³/mol. The van der Waals surface area contributed by atoms with Gasteiger partial charge in [-0.05, 0) is 0 Å². The second-order valence-electron chi connectivity index (χ2n) is 1.97. The van der Waals surface area contributed by atoms with E-state index < -0.39 is 0 Å². The molecule has 0 aliphatic rings. The van der Waals surface area contributed by atoms with Gasteiger partial charge >= 0.3 is 0 Å². The molecule has 0 atom stereocenters. The fourth-order valence-corrected chi connectivity index (χ4v) is 0.712. The van der Waals surface area contributed by atoms with Crippen LogP contribution in [0.4, 0.5) is 5.82 Å². The fraction of sp³-hybridized carbons (Fsp3) is 0.286. The summed E-state index contributed by atoms with van der Waals surface area (Å²) < 4.78 is 4.84. The highest BCUT2D eigenvalue weighted by molar-refractivity contribution is 5.39. The summed E-state index contributed by atoms with van der Waals surface area (Å²) >= 11 is 0. The van der Waals surface area contributed by atoms with Crippen molar-refractivity contribution in [1.29, 1.82) is 5.26 Å². The topological polar surface area (TPSA) is 70.8 Å². The van der Waals surface area contributed by atoms with Crippen LogP contribution < -0.4 is 10.1 Å². The lowest BCUT2D eigenvalue weighted by atomic mass is 10.4. The number of hydrogen-bond acceptors (Lipinski definition) is 5. The van der Waals surface area contributed by atoms with Gasteiger partial charge in [0.15, 0.2) is 0 Å². The van der Waals surface area contributed by atoms with Gasteiger partial charge in [0, 0.05) is 7.05 Å². The Morgan fingerprint density at radius 2 is 2.42 bits per heavy atom. The number of ether oxygens (including phenoxy) is 1. The molecule has 0 fully saturated rings. The fourth-order valence-electron chi connectivity index (χ4n) is 0.712. The summed E-state index contributed by atoms with van der Waals surface area (Å²) in [6.07, 6.45) is 1.47. The van der Waals surface area contributed by atoms with Crippen LogP contribution in [0.25, 0.3) is 0 Å². The van der Waals surface area contributed by atoms with E-state index in [2.05, 4.69) is 15.3 Å². The summed E-state index contributed by atoms with van der Waals surface area (Å²) in [5.74, 6) is 0.815. The molecule has 12 heavy (non-hydrogen) atoms. The molecule has 0 saturated heterocycles. The molecule has 1 rings (SSSR count). The summed E-state index contributed by atoms with van der Waals surface area (Å²) in [4.78, 5) is 7.79. The van der Waals surface area contributed by atoms with Gasteiger partial charge in [-0.1, -0.05) is 0 Å². The summed E-state index contributed by atoms with van der Waals surface area (Å²) in [5, 5.41) is 11.4.